The summed E-state index contributed by atoms with van der Waals surface area (Å²) in [5.74, 6) is 0.994. The van der Waals surface area contributed by atoms with Gasteiger partial charge in [0.25, 0.3) is 5.91 Å². The second-order valence-electron chi connectivity index (χ2n) is 8.00. The average molecular weight is 448 g/mol. The summed E-state index contributed by atoms with van der Waals surface area (Å²) in [6, 6.07) is 11.6. The van der Waals surface area contributed by atoms with Crippen LogP contribution in [0.15, 0.2) is 42.5 Å². The number of nitrogens with zero attached hydrogens (tertiary/aromatic N) is 2. The maximum atomic E-state index is 13.3. The molecule has 0 saturated carbocycles. The molecule has 9 heteroatoms. The molecule has 2 aromatic carbocycles. The molecular formula is C24H24N4O5. The molecule has 1 aromatic heterocycles. The Kier molecular flexibility index (Phi) is 5.16. The zero-order chi connectivity index (χ0) is 23.1. The van der Waals surface area contributed by atoms with Crippen molar-refractivity contribution in [3.05, 3.63) is 64.8 Å². The Morgan fingerprint density at radius 3 is 2.73 bits per heavy atom. The maximum Gasteiger partial charge on any atom is 0.251 e. The van der Waals surface area contributed by atoms with Crippen LogP contribution in [0, 0.1) is 6.92 Å². The molecular weight excluding hydrogens is 424 g/mol. The summed E-state index contributed by atoms with van der Waals surface area (Å²) in [6.07, 6.45) is 0. The van der Waals surface area contributed by atoms with Gasteiger partial charge in [0.1, 0.15) is 25.1 Å². The fourth-order valence-corrected chi connectivity index (χ4v) is 4.50. The third-order valence-electron chi connectivity index (χ3n) is 5.97. The largest absolute Gasteiger partial charge is 0.493 e. The van der Waals surface area contributed by atoms with Gasteiger partial charge in [0.05, 0.1) is 12.8 Å². The predicted molar refractivity (Wildman–Crippen MR) is 120 cm³/mol. The highest BCUT2D eigenvalue weighted by Gasteiger charge is 2.42. The predicted octanol–water partition coefficient (Wildman–Crippen LogP) is 2.39. The summed E-state index contributed by atoms with van der Waals surface area (Å²) >= 11 is 0. The number of aromatic nitrogens is 2. The number of fused-ring (bicyclic) bond motifs is 2. The Labute approximate surface area is 190 Å². The van der Waals surface area contributed by atoms with Gasteiger partial charge >= 0.3 is 0 Å². The molecule has 2 atom stereocenters. The first-order chi connectivity index (χ1) is 16.0. The van der Waals surface area contributed by atoms with Crippen LogP contribution in [0.25, 0.3) is 0 Å². The van der Waals surface area contributed by atoms with E-state index in [4.69, 9.17) is 14.2 Å². The van der Waals surface area contributed by atoms with Gasteiger partial charge in [-0.25, -0.2) is 0 Å². The second-order valence-corrected chi connectivity index (χ2v) is 8.00. The number of hydrogen-bond acceptors (Lipinski definition) is 6. The number of rotatable bonds is 4. The van der Waals surface area contributed by atoms with E-state index in [1.807, 2.05) is 25.1 Å². The van der Waals surface area contributed by atoms with Gasteiger partial charge < -0.3 is 24.8 Å². The number of amides is 2. The number of methoxy groups -OCH3 is 1. The molecule has 0 saturated heterocycles. The lowest BCUT2D eigenvalue weighted by Gasteiger charge is -2.33. The second kappa shape index (κ2) is 8.16. The molecule has 3 heterocycles. The standard InChI is InChI=1S/C24H24N4O5/c1-13-18-19(15-11-16(31-3)21-17(12-15)32-9-10-33-21)20(24(30)26-22(18)28(2)27-13)25-23(29)14-7-5-4-6-8-14/h4-8,11-12,19-20H,9-10H2,1-3H3,(H,25,29)(H,26,30)/t19-,20+/m1/s1. The van der Waals surface area contributed by atoms with Crippen molar-refractivity contribution in [3.8, 4) is 17.2 Å². The lowest BCUT2D eigenvalue weighted by Crippen LogP contribution is -2.50. The fraction of sp³-hybridized carbons (Fsp3) is 0.292. The molecule has 2 aliphatic heterocycles. The first-order valence-electron chi connectivity index (χ1n) is 10.7. The minimum Gasteiger partial charge on any atom is -0.493 e. The highest BCUT2D eigenvalue weighted by molar-refractivity contribution is 6.04. The number of anilines is 1. The quantitative estimate of drug-likeness (QED) is 0.635. The van der Waals surface area contributed by atoms with Crippen molar-refractivity contribution in [3.63, 3.8) is 0 Å². The first-order valence-corrected chi connectivity index (χ1v) is 10.7. The van der Waals surface area contributed by atoms with Gasteiger partial charge in [0, 0.05) is 24.1 Å². The number of nitrogens with one attached hydrogen (secondary N) is 2. The highest BCUT2D eigenvalue weighted by Crippen LogP contribution is 2.46. The van der Waals surface area contributed by atoms with Crippen LogP contribution in [-0.2, 0) is 11.8 Å². The van der Waals surface area contributed by atoms with E-state index in [-0.39, 0.29) is 11.8 Å². The normalized spacial score (nSPS) is 18.8. The monoisotopic (exact) mass is 448 g/mol. The molecule has 0 bridgehead atoms. The first kappa shape index (κ1) is 20.9. The number of carbonyl (C=O) groups excluding carboxylic acids is 2. The van der Waals surface area contributed by atoms with Gasteiger partial charge in [-0.15, -0.1) is 0 Å². The number of hydrogen-bond donors (Lipinski definition) is 2. The lowest BCUT2D eigenvalue weighted by atomic mass is 9.81. The van der Waals surface area contributed by atoms with E-state index in [0.29, 0.717) is 41.8 Å². The van der Waals surface area contributed by atoms with E-state index in [2.05, 4.69) is 15.7 Å². The van der Waals surface area contributed by atoms with E-state index in [0.717, 1.165) is 16.8 Å². The summed E-state index contributed by atoms with van der Waals surface area (Å²) in [7, 11) is 3.33. The van der Waals surface area contributed by atoms with Gasteiger partial charge in [-0.3, -0.25) is 14.3 Å². The molecule has 5 rings (SSSR count). The summed E-state index contributed by atoms with van der Waals surface area (Å²) in [5, 5.41) is 10.3. The maximum absolute atomic E-state index is 13.3. The van der Waals surface area contributed by atoms with Crippen molar-refractivity contribution >= 4 is 17.6 Å². The van der Waals surface area contributed by atoms with Crippen LogP contribution in [-0.4, -0.2) is 48.0 Å². The molecule has 0 fully saturated rings. The fourth-order valence-electron chi connectivity index (χ4n) is 4.50. The van der Waals surface area contributed by atoms with E-state index >= 15 is 0 Å². The van der Waals surface area contributed by atoms with Crippen LogP contribution in [0.2, 0.25) is 0 Å². The van der Waals surface area contributed by atoms with Crippen molar-refractivity contribution in [2.24, 2.45) is 7.05 Å². The van der Waals surface area contributed by atoms with Gasteiger partial charge in [0.15, 0.2) is 11.5 Å². The van der Waals surface area contributed by atoms with E-state index in [1.165, 1.54) is 0 Å². The summed E-state index contributed by atoms with van der Waals surface area (Å²) in [5.41, 5.74) is 2.80. The van der Waals surface area contributed by atoms with Crippen molar-refractivity contribution in [2.75, 3.05) is 25.6 Å². The van der Waals surface area contributed by atoms with Crippen molar-refractivity contribution in [1.29, 1.82) is 0 Å². The minimum atomic E-state index is -0.875. The zero-order valence-corrected chi connectivity index (χ0v) is 18.5. The van der Waals surface area contributed by atoms with Gasteiger partial charge in [0.2, 0.25) is 11.7 Å². The van der Waals surface area contributed by atoms with Crippen LogP contribution in [0.5, 0.6) is 17.2 Å². The topological polar surface area (TPSA) is 104 Å². The molecule has 2 N–H and O–H groups in total. The Morgan fingerprint density at radius 1 is 1.21 bits per heavy atom. The van der Waals surface area contributed by atoms with Crippen LogP contribution in [0.4, 0.5) is 5.82 Å². The van der Waals surface area contributed by atoms with E-state index in [9.17, 15) is 9.59 Å². The van der Waals surface area contributed by atoms with Crippen molar-refractivity contribution < 1.29 is 23.8 Å². The Balaban J connectivity index is 1.64. The zero-order valence-electron chi connectivity index (χ0n) is 18.5. The molecule has 0 radical (unpaired) electrons. The van der Waals surface area contributed by atoms with Gasteiger partial charge in [-0.1, -0.05) is 18.2 Å². The Morgan fingerprint density at radius 2 is 1.97 bits per heavy atom. The van der Waals surface area contributed by atoms with Crippen LogP contribution in [0.1, 0.15) is 33.1 Å². The minimum absolute atomic E-state index is 0.325. The van der Waals surface area contributed by atoms with Crippen LogP contribution >= 0.6 is 0 Å². The SMILES string of the molecule is COc1cc([C@@H]2c3c(C)nn(C)c3NC(=O)[C@H]2NC(=O)c2ccccc2)cc2c1OCCO2. The summed E-state index contributed by atoms with van der Waals surface area (Å²) in [6.45, 7) is 2.72. The molecule has 2 aliphatic rings. The van der Waals surface area contributed by atoms with Crippen molar-refractivity contribution in [1.82, 2.24) is 15.1 Å². The number of aryl methyl sites for hydroxylation is 2. The number of benzene rings is 2. The lowest BCUT2D eigenvalue weighted by molar-refractivity contribution is -0.118. The molecule has 33 heavy (non-hydrogen) atoms. The van der Waals surface area contributed by atoms with Gasteiger partial charge in [-0.2, -0.15) is 5.10 Å². The molecule has 0 aliphatic carbocycles. The van der Waals surface area contributed by atoms with Crippen LogP contribution < -0.4 is 24.8 Å². The average Bonchev–Trinajstić information content (AvgIpc) is 3.11. The van der Waals surface area contributed by atoms with E-state index < -0.39 is 12.0 Å². The third kappa shape index (κ3) is 3.55. The Hall–Kier alpha value is -4.01. The molecule has 0 unspecified atom stereocenters. The Bertz CT molecular complexity index is 1220. The molecule has 2 amide bonds. The summed E-state index contributed by atoms with van der Waals surface area (Å²) in [4.78, 5) is 26.3. The van der Waals surface area contributed by atoms with Crippen LogP contribution in [0.3, 0.4) is 0 Å². The van der Waals surface area contributed by atoms with Gasteiger partial charge in [-0.05, 0) is 36.8 Å². The van der Waals surface area contributed by atoms with E-state index in [1.54, 1.807) is 43.1 Å². The molecule has 9 nitrogen and oxygen atoms in total. The smallest absolute Gasteiger partial charge is 0.251 e. The summed E-state index contributed by atoms with van der Waals surface area (Å²) < 4.78 is 18.8. The number of carbonyl (C=O) groups is 2. The molecule has 170 valence electrons. The van der Waals surface area contributed by atoms with Crippen molar-refractivity contribution in [2.45, 2.75) is 18.9 Å². The third-order valence-corrected chi connectivity index (χ3v) is 5.97. The molecule has 0 spiro atoms. The molecule has 3 aromatic rings. The highest BCUT2D eigenvalue weighted by atomic mass is 16.6. The number of ether oxygens (including phenoxy) is 3.